The molecule has 0 aliphatic heterocycles. The van der Waals surface area contributed by atoms with E-state index in [2.05, 4.69) is 20.8 Å². The molecule has 0 saturated carbocycles. The van der Waals surface area contributed by atoms with Gasteiger partial charge in [0.1, 0.15) is 17.5 Å². The molecular weight excluding hydrogens is 376 g/mol. The number of fused-ring (bicyclic) bond motifs is 1. The van der Waals surface area contributed by atoms with Gasteiger partial charge in [-0.2, -0.15) is 5.10 Å². The third kappa shape index (κ3) is 4.40. The number of rotatable bonds is 7. The number of hydrazone groups is 1. The van der Waals surface area contributed by atoms with Gasteiger partial charge in [0.15, 0.2) is 5.13 Å². The number of hydrogen-bond acceptors (Lipinski definition) is 7. The Morgan fingerprint density at radius 1 is 1.18 bits per heavy atom. The normalized spacial score (nSPS) is 12.5. The molecule has 2 N–H and O–H groups in total. The van der Waals surface area contributed by atoms with Crippen LogP contribution in [0.4, 0.5) is 5.13 Å². The van der Waals surface area contributed by atoms with Gasteiger partial charge >= 0.3 is 0 Å². The quantitative estimate of drug-likeness (QED) is 0.469. The van der Waals surface area contributed by atoms with Gasteiger partial charge in [0.25, 0.3) is 5.91 Å². The summed E-state index contributed by atoms with van der Waals surface area (Å²) in [4.78, 5) is 16.9. The van der Waals surface area contributed by atoms with Crippen LogP contribution in [0.3, 0.4) is 0 Å². The highest BCUT2D eigenvalue weighted by atomic mass is 32.1. The molecular formula is C20H22N4O3S. The molecule has 1 aromatic heterocycles. The van der Waals surface area contributed by atoms with E-state index in [4.69, 9.17) is 9.47 Å². The standard InChI is InChI=1S/C20H22N4O3S/c1-12(15-11-14(26-3)9-10-17(15)27-4)23-24-19(25)13(2)21-20-22-16-7-5-6-8-18(16)28-20/h5-11,13H,1-4H3,(H,21,22)(H,24,25)/b23-12-/t13-/m0/s1. The summed E-state index contributed by atoms with van der Waals surface area (Å²) in [5.74, 6) is 1.07. The molecule has 1 heterocycles. The van der Waals surface area contributed by atoms with Crippen molar-refractivity contribution < 1.29 is 14.3 Å². The lowest BCUT2D eigenvalue weighted by molar-refractivity contribution is -0.121. The average Bonchev–Trinajstić information content (AvgIpc) is 3.13. The fourth-order valence-electron chi connectivity index (χ4n) is 2.58. The highest BCUT2D eigenvalue weighted by Gasteiger charge is 2.15. The molecule has 146 valence electrons. The second-order valence-electron chi connectivity index (χ2n) is 6.09. The first-order chi connectivity index (χ1) is 13.5. The van der Waals surface area contributed by atoms with Crippen LogP contribution in [0.2, 0.25) is 0 Å². The maximum atomic E-state index is 12.4. The monoisotopic (exact) mass is 398 g/mol. The first-order valence-corrected chi connectivity index (χ1v) is 9.52. The number of anilines is 1. The van der Waals surface area contributed by atoms with Gasteiger partial charge in [-0.25, -0.2) is 10.4 Å². The van der Waals surface area contributed by atoms with Crippen LogP contribution in [0.15, 0.2) is 47.6 Å². The number of nitrogens with one attached hydrogen (secondary N) is 2. The number of ether oxygens (including phenoxy) is 2. The Kier molecular flexibility index (Phi) is 6.10. The van der Waals surface area contributed by atoms with Gasteiger partial charge in [-0.1, -0.05) is 23.5 Å². The Balaban J connectivity index is 1.68. The van der Waals surface area contributed by atoms with Crippen LogP contribution in [0.1, 0.15) is 19.4 Å². The van der Waals surface area contributed by atoms with Crippen LogP contribution >= 0.6 is 11.3 Å². The third-order valence-electron chi connectivity index (χ3n) is 4.16. The highest BCUT2D eigenvalue weighted by Crippen LogP contribution is 2.26. The molecule has 1 atom stereocenters. The van der Waals surface area contributed by atoms with E-state index in [1.54, 1.807) is 40.2 Å². The second kappa shape index (κ2) is 8.71. The highest BCUT2D eigenvalue weighted by molar-refractivity contribution is 7.22. The van der Waals surface area contributed by atoms with Gasteiger partial charge in [-0.3, -0.25) is 4.79 Å². The maximum absolute atomic E-state index is 12.4. The summed E-state index contributed by atoms with van der Waals surface area (Å²) >= 11 is 1.50. The minimum absolute atomic E-state index is 0.263. The topological polar surface area (TPSA) is 84.8 Å². The largest absolute Gasteiger partial charge is 0.497 e. The van der Waals surface area contributed by atoms with Crippen LogP contribution < -0.4 is 20.2 Å². The number of aromatic nitrogens is 1. The van der Waals surface area contributed by atoms with Gasteiger partial charge in [0, 0.05) is 5.56 Å². The molecule has 0 bridgehead atoms. The van der Waals surface area contributed by atoms with E-state index < -0.39 is 6.04 Å². The van der Waals surface area contributed by atoms with E-state index in [1.165, 1.54) is 11.3 Å². The zero-order valence-corrected chi connectivity index (χ0v) is 17.0. The SMILES string of the molecule is COc1ccc(OC)c(/C(C)=N\NC(=O)[C@H](C)Nc2nc3ccccc3s2)c1. The van der Waals surface area contributed by atoms with Crippen molar-refractivity contribution in [2.45, 2.75) is 19.9 Å². The Hall–Kier alpha value is -3.13. The minimum Gasteiger partial charge on any atom is -0.497 e. The van der Waals surface area contributed by atoms with Crippen LogP contribution in [0.5, 0.6) is 11.5 Å². The number of nitrogens with zero attached hydrogens (tertiary/aromatic N) is 2. The molecule has 0 spiro atoms. The first kappa shape index (κ1) is 19.6. The van der Waals surface area contributed by atoms with Crippen molar-refractivity contribution in [1.82, 2.24) is 10.4 Å². The Bertz CT molecular complexity index is 983. The third-order valence-corrected chi connectivity index (χ3v) is 5.13. The second-order valence-corrected chi connectivity index (χ2v) is 7.12. The molecule has 28 heavy (non-hydrogen) atoms. The van der Waals surface area contributed by atoms with Gasteiger partial charge in [-0.05, 0) is 44.2 Å². The van der Waals surface area contributed by atoms with Gasteiger partial charge < -0.3 is 14.8 Å². The maximum Gasteiger partial charge on any atom is 0.262 e. The molecule has 7 nitrogen and oxygen atoms in total. The van der Waals surface area contributed by atoms with Crippen molar-refractivity contribution in [2.75, 3.05) is 19.5 Å². The molecule has 0 unspecified atom stereocenters. The summed E-state index contributed by atoms with van der Waals surface area (Å²) in [7, 11) is 3.18. The number of hydrogen-bond donors (Lipinski definition) is 2. The van der Waals surface area contributed by atoms with E-state index in [0.29, 0.717) is 22.3 Å². The smallest absolute Gasteiger partial charge is 0.262 e. The lowest BCUT2D eigenvalue weighted by atomic mass is 10.1. The first-order valence-electron chi connectivity index (χ1n) is 8.70. The molecule has 2 aromatic carbocycles. The van der Waals surface area contributed by atoms with Crippen LogP contribution in [-0.2, 0) is 4.79 Å². The summed E-state index contributed by atoms with van der Waals surface area (Å²) in [5, 5.41) is 8.02. The lowest BCUT2D eigenvalue weighted by Crippen LogP contribution is -2.35. The zero-order chi connectivity index (χ0) is 20.1. The molecule has 8 heteroatoms. The van der Waals surface area contributed by atoms with Gasteiger partial charge in [-0.15, -0.1) is 0 Å². The Morgan fingerprint density at radius 2 is 1.96 bits per heavy atom. The average molecular weight is 398 g/mol. The van der Waals surface area contributed by atoms with Crippen molar-refractivity contribution in [3.63, 3.8) is 0 Å². The molecule has 0 fully saturated rings. The zero-order valence-electron chi connectivity index (χ0n) is 16.1. The molecule has 0 saturated heterocycles. The van der Waals surface area contributed by atoms with Crippen LogP contribution in [0.25, 0.3) is 10.2 Å². The predicted octanol–water partition coefficient (Wildman–Crippen LogP) is 3.65. The summed E-state index contributed by atoms with van der Waals surface area (Å²) < 4.78 is 11.7. The number of benzene rings is 2. The molecule has 0 radical (unpaired) electrons. The van der Waals surface area contributed by atoms with Crippen LogP contribution in [-0.4, -0.2) is 36.9 Å². The van der Waals surface area contributed by atoms with Gasteiger partial charge in [0.05, 0.1) is 30.1 Å². The van der Waals surface area contributed by atoms with Crippen molar-refractivity contribution in [3.05, 3.63) is 48.0 Å². The van der Waals surface area contributed by atoms with E-state index >= 15 is 0 Å². The molecule has 3 aromatic rings. The fraction of sp³-hybridized carbons (Fsp3) is 0.250. The molecule has 0 aliphatic rings. The molecule has 1 amide bonds. The number of amides is 1. The predicted molar refractivity (Wildman–Crippen MR) is 113 cm³/mol. The number of carbonyl (C=O) groups excluding carboxylic acids is 1. The minimum atomic E-state index is -0.496. The van der Waals surface area contributed by atoms with Gasteiger partial charge in [0.2, 0.25) is 0 Å². The number of para-hydroxylation sites is 1. The van der Waals surface area contributed by atoms with Crippen LogP contribution in [0, 0.1) is 0 Å². The van der Waals surface area contributed by atoms with E-state index in [1.807, 2.05) is 30.3 Å². The van der Waals surface area contributed by atoms with E-state index in [-0.39, 0.29) is 5.91 Å². The van der Waals surface area contributed by atoms with Crippen molar-refractivity contribution in [1.29, 1.82) is 0 Å². The summed E-state index contributed by atoms with van der Waals surface area (Å²) in [6, 6.07) is 12.8. The Labute approximate surface area is 167 Å². The van der Waals surface area contributed by atoms with E-state index in [0.717, 1.165) is 15.8 Å². The van der Waals surface area contributed by atoms with Crippen molar-refractivity contribution in [2.24, 2.45) is 5.10 Å². The Morgan fingerprint density at radius 3 is 2.68 bits per heavy atom. The molecule has 0 aliphatic carbocycles. The number of carbonyl (C=O) groups is 1. The summed E-state index contributed by atoms with van der Waals surface area (Å²) in [6.45, 7) is 3.56. The molecule has 3 rings (SSSR count). The van der Waals surface area contributed by atoms with E-state index in [9.17, 15) is 4.79 Å². The number of thiazole rings is 1. The lowest BCUT2D eigenvalue weighted by Gasteiger charge is -2.12. The number of methoxy groups -OCH3 is 2. The summed E-state index contributed by atoms with van der Waals surface area (Å²) in [5.41, 5.74) is 4.85. The van der Waals surface area contributed by atoms with Crippen molar-refractivity contribution in [3.8, 4) is 11.5 Å². The fourth-order valence-corrected chi connectivity index (χ4v) is 3.53. The van der Waals surface area contributed by atoms with Crippen molar-refractivity contribution >= 4 is 38.3 Å². The summed E-state index contributed by atoms with van der Waals surface area (Å²) in [6.07, 6.45) is 0.